The number of carboxylic acid groups (broad SMARTS) is 1. The summed E-state index contributed by atoms with van der Waals surface area (Å²) >= 11 is 0. The van der Waals surface area contributed by atoms with Gasteiger partial charge in [-0.3, -0.25) is 4.98 Å². The molecular weight excluding hydrogens is 449 g/mol. The average molecular weight is 470 g/mol. The molecule has 0 saturated carbocycles. The van der Waals surface area contributed by atoms with Crippen molar-refractivity contribution in [1.29, 1.82) is 0 Å². The van der Waals surface area contributed by atoms with E-state index in [2.05, 4.69) is 10.3 Å². The second-order valence-corrected chi connectivity index (χ2v) is 7.95. The van der Waals surface area contributed by atoms with Crippen LogP contribution < -0.4 is 5.32 Å². The van der Waals surface area contributed by atoms with Crippen molar-refractivity contribution in [2.24, 2.45) is 0 Å². The smallest absolute Gasteiger partial charge is 0.433 e. The first-order chi connectivity index (χ1) is 16.2. The third kappa shape index (κ3) is 5.03. The molecule has 2 N–H and O–H groups in total. The molecule has 0 unspecified atom stereocenters. The van der Waals surface area contributed by atoms with Crippen LogP contribution in [0.4, 0.5) is 18.0 Å². The number of aryl methyl sites for hydroxylation is 1. The Morgan fingerprint density at radius 3 is 2.15 bits per heavy atom. The van der Waals surface area contributed by atoms with Crippen LogP contribution in [0.1, 0.15) is 34.7 Å². The van der Waals surface area contributed by atoms with Crippen LogP contribution in [-0.4, -0.2) is 34.8 Å². The molecule has 4 rings (SSSR count). The molecule has 9 heteroatoms. The normalized spacial score (nSPS) is 13.6. The van der Waals surface area contributed by atoms with E-state index in [1.807, 2.05) is 48.5 Å². The molecule has 3 aromatic rings. The molecule has 1 atom stereocenters. The van der Waals surface area contributed by atoms with Crippen molar-refractivity contribution in [2.75, 3.05) is 6.61 Å². The number of nitrogens with one attached hydrogen (secondary N) is 1. The summed E-state index contributed by atoms with van der Waals surface area (Å²) in [5, 5.41) is 11.8. The van der Waals surface area contributed by atoms with Crippen molar-refractivity contribution in [3.05, 3.63) is 89.2 Å². The quantitative estimate of drug-likeness (QED) is 0.506. The van der Waals surface area contributed by atoms with E-state index < -0.39 is 30.0 Å². The molecule has 0 aliphatic heterocycles. The fraction of sp³-hybridized carbons (Fsp3) is 0.240. The Morgan fingerprint density at radius 1 is 1.00 bits per heavy atom. The number of nitrogens with zero attached hydrogens (tertiary/aromatic N) is 1. The third-order valence-electron chi connectivity index (χ3n) is 5.77. The standard InChI is InChI=1S/C25H21F3N2O4/c26-25(27,28)22-12-10-15(13-29-22)9-11-21(23(31)32)30-24(33)34-14-20-18-7-3-1-5-16(18)17-6-2-4-8-19(17)20/h1-8,10,12-13,20-21H,9,11,14H2,(H,30,33)(H,31,32)/t21-/m0/s1. The lowest BCUT2D eigenvalue weighted by Crippen LogP contribution is -2.41. The number of ether oxygens (including phenoxy) is 1. The van der Waals surface area contributed by atoms with E-state index in [1.165, 1.54) is 6.07 Å². The molecule has 176 valence electrons. The zero-order valence-electron chi connectivity index (χ0n) is 17.9. The van der Waals surface area contributed by atoms with Gasteiger partial charge in [0.05, 0.1) is 0 Å². The molecule has 1 aliphatic carbocycles. The summed E-state index contributed by atoms with van der Waals surface area (Å²) in [6.45, 7) is 0.0367. The first-order valence-electron chi connectivity index (χ1n) is 10.6. The van der Waals surface area contributed by atoms with E-state index in [0.717, 1.165) is 34.5 Å². The van der Waals surface area contributed by atoms with Gasteiger partial charge in [0, 0.05) is 12.1 Å². The van der Waals surface area contributed by atoms with E-state index in [-0.39, 0.29) is 25.4 Å². The number of fused-ring (bicyclic) bond motifs is 3. The van der Waals surface area contributed by atoms with Crippen molar-refractivity contribution < 1.29 is 32.6 Å². The summed E-state index contributed by atoms with van der Waals surface area (Å²) in [6, 6.07) is 16.5. The average Bonchev–Trinajstić information content (AvgIpc) is 3.13. The fourth-order valence-corrected chi connectivity index (χ4v) is 4.09. The van der Waals surface area contributed by atoms with Gasteiger partial charge >= 0.3 is 18.2 Å². The van der Waals surface area contributed by atoms with Crippen LogP contribution in [0.2, 0.25) is 0 Å². The van der Waals surface area contributed by atoms with E-state index in [1.54, 1.807) is 0 Å². The maximum absolute atomic E-state index is 12.6. The molecule has 0 spiro atoms. The minimum Gasteiger partial charge on any atom is -0.480 e. The van der Waals surface area contributed by atoms with Crippen LogP contribution in [0.15, 0.2) is 66.9 Å². The molecule has 2 aromatic carbocycles. The summed E-state index contributed by atoms with van der Waals surface area (Å²) < 4.78 is 43.3. The van der Waals surface area contributed by atoms with Crippen LogP contribution in [-0.2, 0) is 22.1 Å². The molecule has 1 aromatic heterocycles. The molecule has 0 saturated heterocycles. The Hall–Kier alpha value is -3.88. The van der Waals surface area contributed by atoms with Crippen LogP contribution in [0, 0.1) is 0 Å². The molecule has 6 nitrogen and oxygen atoms in total. The van der Waals surface area contributed by atoms with Crippen LogP contribution in [0.25, 0.3) is 11.1 Å². The molecule has 0 radical (unpaired) electrons. The Morgan fingerprint density at radius 2 is 1.62 bits per heavy atom. The number of carbonyl (C=O) groups excluding carboxylic acids is 1. The predicted octanol–water partition coefficient (Wildman–Crippen LogP) is 5.02. The molecule has 1 amide bonds. The second kappa shape index (κ2) is 9.54. The van der Waals surface area contributed by atoms with E-state index in [0.29, 0.717) is 5.56 Å². The maximum atomic E-state index is 12.6. The topological polar surface area (TPSA) is 88.5 Å². The summed E-state index contributed by atoms with van der Waals surface area (Å²) in [7, 11) is 0. The van der Waals surface area contributed by atoms with Crippen LogP contribution in [0.5, 0.6) is 0 Å². The molecule has 34 heavy (non-hydrogen) atoms. The monoisotopic (exact) mass is 470 g/mol. The van der Waals surface area contributed by atoms with Gasteiger partial charge in [-0.15, -0.1) is 0 Å². The van der Waals surface area contributed by atoms with Gasteiger partial charge in [0.25, 0.3) is 0 Å². The van der Waals surface area contributed by atoms with Gasteiger partial charge in [-0.25, -0.2) is 9.59 Å². The number of hydrogen-bond acceptors (Lipinski definition) is 4. The van der Waals surface area contributed by atoms with E-state index >= 15 is 0 Å². The van der Waals surface area contributed by atoms with Crippen molar-refractivity contribution in [1.82, 2.24) is 10.3 Å². The van der Waals surface area contributed by atoms with Gasteiger partial charge in [0.15, 0.2) is 0 Å². The number of pyridine rings is 1. The number of rotatable bonds is 7. The number of alkyl carbamates (subject to hydrolysis) is 1. The lowest BCUT2D eigenvalue weighted by Gasteiger charge is -2.17. The number of carbonyl (C=O) groups is 2. The Kier molecular flexibility index (Phi) is 6.54. The van der Waals surface area contributed by atoms with Crippen LogP contribution >= 0.6 is 0 Å². The third-order valence-corrected chi connectivity index (χ3v) is 5.77. The Bertz CT molecular complexity index is 1150. The highest BCUT2D eigenvalue weighted by atomic mass is 19.4. The van der Waals surface area contributed by atoms with Gasteiger partial charge in [-0.05, 0) is 46.7 Å². The first kappa shape index (κ1) is 23.3. The SMILES string of the molecule is O=C(N[C@@H](CCc1ccc(C(F)(F)F)nc1)C(=O)O)OCC1c2ccccc2-c2ccccc21. The number of carboxylic acids is 1. The zero-order valence-corrected chi connectivity index (χ0v) is 17.9. The first-order valence-corrected chi connectivity index (χ1v) is 10.6. The van der Waals surface area contributed by atoms with Crippen molar-refractivity contribution in [3.8, 4) is 11.1 Å². The lowest BCUT2D eigenvalue weighted by molar-refractivity contribution is -0.141. The second-order valence-electron chi connectivity index (χ2n) is 7.95. The van der Waals surface area contributed by atoms with E-state index in [9.17, 15) is 27.9 Å². The Balaban J connectivity index is 1.35. The number of alkyl halides is 3. The summed E-state index contributed by atoms with van der Waals surface area (Å²) in [5.41, 5.74) is 3.60. The van der Waals surface area contributed by atoms with Crippen molar-refractivity contribution >= 4 is 12.1 Å². The molecule has 0 fully saturated rings. The number of hydrogen-bond donors (Lipinski definition) is 2. The van der Waals surface area contributed by atoms with Crippen LogP contribution in [0.3, 0.4) is 0 Å². The largest absolute Gasteiger partial charge is 0.480 e. The highest BCUT2D eigenvalue weighted by molar-refractivity contribution is 5.81. The molecular formula is C25H21F3N2O4. The number of halogens is 3. The van der Waals surface area contributed by atoms with Gasteiger partial charge in [-0.1, -0.05) is 54.6 Å². The molecule has 1 heterocycles. The highest BCUT2D eigenvalue weighted by Gasteiger charge is 2.32. The minimum atomic E-state index is -4.55. The van der Waals surface area contributed by atoms with E-state index in [4.69, 9.17) is 4.74 Å². The summed E-state index contributed by atoms with van der Waals surface area (Å²) in [6.07, 6.45) is -4.29. The maximum Gasteiger partial charge on any atom is 0.433 e. The van der Waals surface area contributed by atoms with Gasteiger partial charge < -0.3 is 15.2 Å². The van der Waals surface area contributed by atoms with Gasteiger partial charge in [0.1, 0.15) is 18.3 Å². The number of benzene rings is 2. The number of aromatic nitrogens is 1. The highest BCUT2D eigenvalue weighted by Crippen LogP contribution is 2.44. The summed E-state index contributed by atoms with van der Waals surface area (Å²) in [5.74, 6) is -1.44. The summed E-state index contributed by atoms with van der Waals surface area (Å²) in [4.78, 5) is 27.3. The molecule has 1 aliphatic rings. The minimum absolute atomic E-state index is 0.0351. The van der Waals surface area contributed by atoms with Crippen molar-refractivity contribution in [3.63, 3.8) is 0 Å². The number of amides is 1. The van der Waals surface area contributed by atoms with Crippen molar-refractivity contribution in [2.45, 2.75) is 31.0 Å². The lowest BCUT2D eigenvalue weighted by atomic mass is 9.98. The Labute approximate surface area is 193 Å². The molecule has 0 bridgehead atoms. The van der Waals surface area contributed by atoms with Gasteiger partial charge in [0.2, 0.25) is 0 Å². The number of aliphatic carboxylic acids is 1. The van der Waals surface area contributed by atoms with Gasteiger partial charge in [-0.2, -0.15) is 13.2 Å². The zero-order chi connectivity index (χ0) is 24.3. The fourth-order valence-electron chi connectivity index (χ4n) is 4.09. The predicted molar refractivity (Wildman–Crippen MR) is 117 cm³/mol.